The first-order chi connectivity index (χ1) is 12.7. The first-order valence-corrected chi connectivity index (χ1v) is 8.96. The lowest BCUT2D eigenvalue weighted by atomic mass is 10.0. The molecule has 0 fully saturated rings. The largest absolute Gasteiger partial charge is 0.496 e. The van der Waals surface area contributed by atoms with Gasteiger partial charge in [-0.15, -0.1) is 24.0 Å². The van der Waals surface area contributed by atoms with Gasteiger partial charge in [0.15, 0.2) is 5.96 Å². The number of aliphatic imine (C=N–C) groups is 1. The van der Waals surface area contributed by atoms with Gasteiger partial charge in [0.2, 0.25) is 0 Å². The van der Waals surface area contributed by atoms with E-state index in [4.69, 9.17) is 9.47 Å². The summed E-state index contributed by atoms with van der Waals surface area (Å²) in [7, 11) is 3.39. The van der Waals surface area contributed by atoms with E-state index < -0.39 is 0 Å². The average Bonchev–Trinajstić information content (AvgIpc) is 2.69. The van der Waals surface area contributed by atoms with Crippen LogP contribution in [0.25, 0.3) is 0 Å². The third kappa shape index (κ3) is 6.93. The number of methoxy groups -OCH3 is 2. The van der Waals surface area contributed by atoms with Crippen LogP contribution in [-0.4, -0.2) is 33.3 Å². The van der Waals surface area contributed by atoms with E-state index in [-0.39, 0.29) is 24.0 Å². The molecule has 0 aliphatic carbocycles. The molecule has 0 radical (unpaired) electrons. The second-order valence-corrected chi connectivity index (χ2v) is 6.03. The van der Waals surface area contributed by atoms with Gasteiger partial charge in [-0.1, -0.05) is 43.3 Å². The van der Waals surface area contributed by atoms with Gasteiger partial charge < -0.3 is 20.1 Å². The van der Waals surface area contributed by atoms with Crippen molar-refractivity contribution in [3.05, 3.63) is 59.7 Å². The number of para-hydroxylation sites is 2. The number of halogens is 1. The van der Waals surface area contributed by atoms with E-state index in [1.165, 1.54) is 5.56 Å². The number of rotatable bonds is 8. The molecule has 148 valence electrons. The molecule has 0 amide bonds. The normalized spacial score (nSPS) is 11.9. The minimum Gasteiger partial charge on any atom is -0.496 e. The topological polar surface area (TPSA) is 54.9 Å². The molecule has 0 aromatic heterocycles. The molecular weight excluding hydrogens is 453 g/mol. The summed E-state index contributed by atoms with van der Waals surface area (Å²) in [5.41, 5.74) is 2.24. The Bertz CT molecular complexity index is 722. The van der Waals surface area contributed by atoms with Gasteiger partial charge in [-0.05, 0) is 24.6 Å². The van der Waals surface area contributed by atoms with Gasteiger partial charge in [0, 0.05) is 24.6 Å². The summed E-state index contributed by atoms with van der Waals surface area (Å²) in [6.07, 6.45) is 0. The summed E-state index contributed by atoms with van der Waals surface area (Å²) in [4.78, 5) is 4.68. The molecule has 6 heteroatoms. The summed E-state index contributed by atoms with van der Waals surface area (Å²) in [6.45, 7) is 6.36. The van der Waals surface area contributed by atoms with Gasteiger partial charge in [0.05, 0.1) is 20.8 Å². The molecule has 0 aliphatic heterocycles. The van der Waals surface area contributed by atoms with Crippen LogP contribution in [0.15, 0.2) is 53.5 Å². The summed E-state index contributed by atoms with van der Waals surface area (Å²) in [6, 6.07) is 16.1. The van der Waals surface area contributed by atoms with Gasteiger partial charge in [-0.25, -0.2) is 4.99 Å². The maximum atomic E-state index is 5.46. The monoisotopic (exact) mass is 483 g/mol. The van der Waals surface area contributed by atoms with E-state index in [0.717, 1.165) is 36.1 Å². The summed E-state index contributed by atoms with van der Waals surface area (Å²) in [5.74, 6) is 2.86. The van der Waals surface area contributed by atoms with Crippen LogP contribution in [0, 0.1) is 0 Å². The van der Waals surface area contributed by atoms with E-state index in [1.807, 2.05) is 42.5 Å². The first kappa shape index (κ1) is 23.1. The fourth-order valence-electron chi connectivity index (χ4n) is 2.77. The number of ether oxygens (including phenoxy) is 2. The maximum Gasteiger partial charge on any atom is 0.191 e. The first-order valence-electron chi connectivity index (χ1n) is 8.96. The molecule has 2 aromatic rings. The molecule has 27 heavy (non-hydrogen) atoms. The van der Waals surface area contributed by atoms with Crippen molar-refractivity contribution >= 4 is 29.9 Å². The highest BCUT2D eigenvalue weighted by Gasteiger charge is 2.11. The molecule has 1 unspecified atom stereocenters. The van der Waals surface area contributed by atoms with Crippen molar-refractivity contribution in [1.29, 1.82) is 0 Å². The van der Waals surface area contributed by atoms with Crippen molar-refractivity contribution in [1.82, 2.24) is 10.6 Å². The van der Waals surface area contributed by atoms with E-state index in [9.17, 15) is 0 Å². The van der Waals surface area contributed by atoms with Crippen molar-refractivity contribution in [3.8, 4) is 11.5 Å². The Morgan fingerprint density at radius 2 is 1.59 bits per heavy atom. The Kier molecular flexibility index (Phi) is 10.6. The smallest absolute Gasteiger partial charge is 0.191 e. The minimum absolute atomic E-state index is 0. The molecule has 2 rings (SSSR count). The number of guanidine groups is 1. The minimum atomic E-state index is 0. The number of nitrogens with one attached hydrogen (secondary N) is 2. The highest BCUT2D eigenvalue weighted by molar-refractivity contribution is 14.0. The maximum absolute atomic E-state index is 5.46. The molecule has 0 bridgehead atoms. The highest BCUT2D eigenvalue weighted by Crippen LogP contribution is 2.25. The van der Waals surface area contributed by atoms with E-state index >= 15 is 0 Å². The predicted molar refractivity (Wildman–Crippen MR) is 123 cm³/mol. The molecule has 0 saturated heterocycles. The third-order valence-corrected chi connectivity index (χ3v) is 4.19. The summed E-state index contributed by atoms with van der Waals surface area (Å²) < 4.78 is 10.9. The number of hydrogen-bond acceptors (Lipinski definition) is 3. The van der Waals surface area contributed by atoms with Crippen LogP contribution < -0.4 is 20.1 Å². The van der Waals surface area contributed by atoms with Gasteiger partial charge >= 0.3 is 0 Å². The van der Waals surface area contributed by atoms with Gasteiger partial charge in [-0.3, -0.25) is 0 Å². The number of benzene rings is 2. The lowest BCUT2D eigenvalue weighted by Gasteiger charge is -2.18. The Morgan fingerprint density at radius 1 is 0.963 bits per heavy atom. The van der Waals surface area contributed by atoms with Crippen molar-refractivity contribution in [2.75, 3.05) is 27.3 Å². The third-order valence-electron chi connectivity index (χ3n) is 4.19. The van der Waals surface area contributed by atoms with Crippen molar-refractivity contribution in [2.24, 2.45) is 4.99 Å². The van der Waals surface area contributed by atoms with Gasteiger partial charge in [0.25, 0.3) is 0 Å². The zero-order valence-electron chi connectivity index (χ0n) is 16.5. The van der Waals surface area contributed by atoms with E-state index in [0.29, 0.717) is 12.5 Å². The molecule has 5 nitrogen and oxygen atoms in total. The second-order valence-electron chi connectivity index (χ2n) is 6.03. The van der Waals surface area contributed by atoms with Crippen LogP contribution in [0.3, 0.4) is 0 Å². The fraction of sp³-hybridized carbons (Fsp3) is 0.381. The Balaban J connectivity index is 0.00000364. The molecule has 1 atom stereocenters. The van der Waals surface area contributed by atoms with Crippen molar-refractivity contribution in [3.63, 3.8) is 0 Å². The van der Waals surface area contributed by atoms with Crippen molar-refractivity contribution < 1.29 is 9.47 Å². The van der Waals surface area contributed by atoms with Crippen LogP contribution in [0.5, 0.6) is 11.5 Å². The summed E-state index contributed by atoms with van der Waals surface area (Å²) >= 11 is 0. The van der Waals surface area contributed by atoms with Crippen LogP contribution >= 0.6 is 24.0 Å². The molecular formula is C21H30IN3O2. The predicted octanol–water partition coefficient (Wildman–Crippen LogP) is 4.18. The quantitative estimate of drug-likeness (QED) is 0.336. The Labute approximate surface area is 179 Å². The lowest BCUT2D eigenvalue weighted by molar-refractivity contribution is 0.406. The van der Waals surface area contributed by atoms with Crippen LogP contribution in [0.1, 0.15) is 30.9 Å². The van der Waals surface area contributed by atoms with E-state index in [2.05, 4.69) is 35.5 Å². The Hall–Kier alpha value is -1.96. The standard InChI is InChI=1S/C21H29N3O2.HI/c1-5-22-21(24-15-17-10-6-8-12-19(17)25-3)23-14-16(2)18-11-7-9-13-20(18)26-4;/h6-13,16H,5,14-15H2,1-4H3,(H2,22,23,24);1H. The lowest BCUT2D eigenvalue weighted by Crippen LogP contribution is -2.39. The fourth-order valence-corrected chi connectivity index (χ4v) is 2.77. The molecule has 0 saturated carbocycles. The molecule has 2 N–H and O–H groups in total. The van der Waals surface area contributed by atoms with Gasteiger partial charge in [-0.2, -0.15) is 0 Å². The molecule has 0 heterocycles. The zero-order valence-corrected chi connectivity index (χ0v) is 18.8. The Morgan fingerprint density at radius 3 is 2.26 bits per heavy atom. The average molecular weight is 483 g/mol. The number of nitrogens with zero attached hydrogens (tertiary/aromatic N) is 1. The van der Waals surface area contributed by atoms with Crippen LogP contribution in [0.4, 0.5) is 0 Å². The highest BCUT2D eigenvalue weighted by atomic mass is 127. The van der Waals surface area contributed by atoms with Gasteiger partial charge in [0.1, 0.15) is 11.5 Å². The SMILES string of the molecule is CCNC(=NCc1ccccc1OC)NCC(C)c1ccccc1OC.I. The van der Waals surface area contributed by atoms with E-state index in [1.54, 1.807) is 14.2 Å². The second kappa shape index (κ2) is 12.4. The van der Waals surface area contributed by atoms with Crippen LogP contribution in [-0.2, 0) is 6.54 Å². The molecule has 0 aliphatic rings. The van der Waals surface area contributed by atoms with Crippen LogP contribution in [0.2, 0.25) is 0 Å². The zero-order chi connectivity index (χ0) is 18.8. The summed E-state index contributed by atoms with van der Waals surface area (Å²) in [5, 5.41) is 6.71. The molecule has 2 aromatic carbocycles. The number of hydrogen-bond donors (Lipinski definition) is 2. The van der Waals surface area contributed by atoms with Crippen molar-refractivity contribution in [2.45, 2.75) is 26.3 Å². The molecule has 0 spiro atoms.